The maximum absolute atomic E-state index is 13.7. The van der Waals surface area contributed by atoms with Crippen molar-refractivity contribution in [2.24, 2.45) is 28.6 Å². The van der Waals surface area contributed by atoms with Gasteiger partial charge in [0.2, 0.25) is 5.78 Å². The van der Waals surface area contributed by atoms with Crippen molar-refractivity contribution in [2.45, 2.75) is 97.1 Å². The van der Waals surface area contributed by atoms with Crippen LogP contribution in [0.25, 0.3) is 0 Å². The molecule has 0 aromatic rings. The molecule has 3 saturated carbocycles. The lowest BCUT2D eigenvalue weighted by Gasteiger charge is -2.59. The molecule has 5 rings (SSSR count). The van der Waals surface area contributed by atoms with Crippen LogP contribution in [0.15, 0.2) is 11.6 Å². The zero-order valence-corrected chi connectivity index (χ0v) is 20.0. The summed E-state index contributed by atoms with van der Waals surface area (Å²) in [5.74, 6) is 0.0894. The topological polar surface area (TPSA) is 78.9 Å². The zero-order chi connectivity index (χ0) is 23.1. The van der Waals surface area contributed by atoms with Gasteiger partial charge in [-0.3, -0.25) is 14.4 Å². The molecule has 0 unspecified atom stereocenters. The highest BCUT2D eigenvalue weighted by molar-refractivity contribution is 5.93. The molecule has 32 heavy (non-hydrogen) atoms. The van der Waals surface area contributed by atoms with Crippen LogP contribution < -0.4 is 0 Å². The second-order valence-electron chi connectivity index (χ2n) is 11.7. The number of fused-ring (bicyclic) bond motifs is 7. The van der Waals surface area contributed by atoms with Gasteiger partial charge in [-0.25, -0.2) is 0 Å². The van der Waals surface area contributed by atoms with Crippen molar-refractivity contribution < 1.29 is 28.6 Å². The molecular weight excluding hydrogens is 408 g/mol. The lowest BCUT2D eigenvalue weighted by Crippen LogP contribution is -2.61. The number of esters is 1. The molecule has 4 fully saturated rings. The molecule has 6 nitrogen and oxygen atoms in total. The van der Waals surface area contributed by atoms with E-state index in [0.717, 1.165) is 38.5 Å². The minimum Gasteiger partial charge on any atom is -0.458 e. The Labute approximate surface area is 190 Å². The maximum atomic E-state index is 13.7. The normalized spacial score (nSPS) is 46.4. The third-order valence-corrected chi connectivity index (χ3v) is 9.78. The van der Waals surface area contributed by atoms with E-state index in [-0.39, 0.29) is 35.1 Å². The van der Waals surface area contributed by atoms with Crippen molar-refractivity contribution in [1.82, 2.24) is 0 Å². The van der Waals surface area contributed by atoms with Gasteiger partial charge < -0.3 is 14.2 Å². The molecule has 1 saturated heterocycles. The minimum atomic E-state index is -1.08. The number of Topliss-reactive ketones (excluding diaryl/α,β-unsaturated/α-hetero) is 1. The summed E-state index contributed by atoms with van der Waals surface area (Å²) in [7, 11) is 0. The third kappa shape index (κ3) is 2.87. The van der Waals surface area contributed by atoms with Crippen LogP contribution in [0.5, 0.6) is 0 Å². The Balaban J connectivity index is 1.51. The van der Waals surface area contributed by atoms with Gasteiger partial charge in [-0.2, -0.15) is 0 Å². The summed E-state index contributed by atoms with van der Waals surface area (Å²) < 4.78 is 18.0. The number of ketones is 2. The molecule has 0 radical (unpaired) electrons. The quantitative estimate of drug-likeness (QED) is 0.609. The molecule has 0 aromatic heterocycles. The average molecular weight is 445 g/mol. The molecule has 6 heteroatoms. The van der Waals surface area contributed by atoms with Gasteiger partial charge in [-0.05, 0) is 81.6 Å². The number of ether oxygens (including phenoxy) is 3. The highest BCUT2D eigenvalue weighted by atomic mass is 16.8. The molecule has 4 aliphatic carbocycles. The second-order valence-corrected chi connectivity index (χ2v) is 11.7. The predicted molar refractivity (Wildman–Crippen MR) is 117 cm³/mol. The van der Waals surface area contributed by atoms with Crippen LogP contribution in [0.1, 0.15) is 79.6 Å². The van der Waals surface area contributed by atoms with Gasteiger partial charge in [0.25, 0.3) is 0 Å². The van der Waals surface area contributed by atoms with Crippen LogP contribution in [0.2, 0.25) is 0 Å². The van der Waals surface area contributed by atoms with Crippen molar-refractivity contribution in [1.29, 1.82) is 0 Å². The number of hydrogen-bond donors (Lipinski definition) is 0. The predicted octanol–water partition coefficient (Wildman–Crippen LogP) is 4.15. The number of carbonyl (C=O) groups is 3. The van der Waals surface area contributed by atoms with Gasteiger partial charge in [0.15, 0.2) is 23.8 Å². The number of carbonyl (C=O) groups excluding carboxylic acids is 3. The van der Waals surface area contributed by atoms with Crippen molar-refractivity contribution in [2.75, 3.05) is 6.61 Å². The van der Waals surface area contributed by atoms with Crippen molar-refractivity contribution in [3.05, 3.63) is 11.6 Å². The van der Waals surface area contributed by atoms with E-state index in [0.29, 0.717) is 24.2 Å². The molecule has 0 spiro atoms. The molecule has 5 aliphatic rings. The van der Waals surface area contributed by atoms with Gasteiger partial charge in [-0.15, -0.1) is 0 Å². The molecule has 0 N–H and O–H groups in total. The van der Waals surface area contributed by atoms with E-state index >= 15 is 0 Å². The monoisotopic (exact) mass is 444 g/mol. The molecule has 0 bridgehead atoms. The molecule has 7 atom stereocenters. The Morgan fingerprint density at radius 2 is 1.84 bits per heavy atom. The first kappa shape index (κ1) is 22.3. The van der Waals surface area contributed by atoms with Gasteiger partial charge in [0, 0.05) is 18.8 Å². The SMILES string of the molecule is CC(=O)OCC(=O)[C@@]12OC(C)(C)O[C@@H]1C[C@H]1[C@@H]3CCC4=CC(=O)CC[C@]4(C)[C@H]3CC[C@@]12C. The summed E-state index contributed by atoms with van der Waals surface area (Å²) in [6.45, 7) is 9.36. The molecule has 1 heterocycles. The van der Waals surface area contributed by atoms with E-state index in [1.54, 1.807) is 0 Å². The van der Waals surface area contributed by atoms with Gasteiger partial charge in [0.1, 0.15) is 0 Å². The van der Waals surface area contributed by atoms with Crippen LogP contribution in [0.4, 0.5) is 0 Å². The molecule has 176 valence electrons. The second kappa shape index (κ2) is 6.99. The van der Waals surface area contributed by atoms with E-state index in [1.807, 2.05) is 19.9 Å². The van der Waals surface area contributed by atoms with Crippen LogP contribution in [-0.2, 0) is 28.6 Å². The summed E-state index contributed by atoms with van der Waals surface area (Å²) in [6, 6.07) is 0. The van der Waals surface area contributed by atoms with Crippen LogP contribution in [0.3, 0.4) is 0 Å². The van der Waals surface area contributed by atoms with E-state index in [1.165, 1.54) is 12.5 Å². The Bertz CT molecular complexity index is 904. The summed E-state index contributed by atoms with van der Waals surface area (Å²) in [5, 5.41) is 0. The minimum absolute atomic E-state index is 0.0752. The zero-order valence-electron chi connectivity index (χ0n) is 20.0. The summed E-state index contributed by atoms with van der Waals surface area (Å²) in [4.78, 5) is 37.2. The van der Waals surface area contributed by atoms with Crippen molar-refractivity contribution >= 4 is 17.5 Å². The first-order valence-electron chi connectivity index (χ1n) is 12.2. The maximum Gasteiger partial charge on any atom is 0.303 e. The van der Waals surface area contributed by atoms with Crippen LogP contribution >= 0.6 is 0 Å². The van der Waals surface area contributed by atoms with Gasteiger partial charge in [0.05, 0.1) is 6.10 Å². The Morgan fingerprint density at radius 1 is 1.09 bits per heavy atom. The molecule has 1 aliphatic heterocycles. The largest absolute Gasteiger partial charge is 0.458 e. The van der Waals surface area contributed by atoms with Crippen molar-refractivity contribution in [3.8, 4) is 0 Å². The fourth-order valence-electron chi connectivity index (χ4n) is 8.44. The summed E-state index contributed by atoms with van der Waals surface area (Å²) >= 11 is 0. The lowest BCUT2D eigenvalue weighted by atomic mass is 9.46. The summed E-state index contributed by atoms with van der Waals surface area (Å²) in [5.41, 5.74) is -0.0372. The Morgan fingerprint density at radius 3 is 2.56 bits per heavy atom. The van der Waals surface area contributed by atoms with Gasteiger partial charge >= 0.3 is 5.97 Å². The first-order chi connectivity index (χ1) is 14.9. The average Bonchev–Trinajstić information content (AvgIpc) is 3.12. The Kier molecular flexibility index (Phi) is 4.86. The van der Waals surface area contributed by atoms with Crippen LogP contribution in [0, 0.1) is 28.6 Å². The highest BCUT2D eigenvalue weighted by Gasteiger charge is 2.75. The van der Waals surface area contributed by atoms with E-state index in [2.05, 4.69) is 13.8 Å². The van der Waals surface area contributed by atoms with E-state index < -0.39 is 17.4 Å². The van der Waals surface area contributed by atoms with Gasteiger partial charge in [-0.1, -0.05) is 19.4 Å². The molecular formula is C26H36O6. The first-order valence-corrected chi connectivity index (χ1v) is 12.2. The highest BCUT2D eigenvalue weighted by Crippen LogP contribution is 2.70. The fourth-order valence-corrected chi connectivity index (χ4v) is 8.44. The number of allylic oxidation sites excluding steroid dienone is 1. The number of rotatable bonds is 3. The molecule has 0 aromatic carbocycles. The smallest absolute Gasteiger partial charge is 0.303 e. The van der Waals surface area contributed by atoms with Crippen LogP contribution in [-0.4, -0.2) is 41.6 Å². The standard InChI is InChI=1S/C26H36O6/c1-15(27)30-14-21(29)26-22(31-23(2,3)32-26)13-20-18-7-6-16-12-17(28)8-10-24(16,4)19(18)9-11-25(20,26)5/h12,18-20,22H,6-11,13-14H2,1-5H3/t18-,19+,20+,22-,24+,25+,26-/m1/s1. The lowest BCUT2D eigenvalue weighted by molar-refractivity contribution is -0.216. The number of hydrogen-bond acceptors (Lipinski definition) is 6. The summed E-state index contributed by atoms with van der Waals surface area (Å²) in [6.07, 6.45) is 7.85. The Hall–Kier alpha value is -1.53. The fraction of sp³-hybridized carbons (Fsp3) is 0.808. The molecule has 0 amide bonds. The van der Waals surface area contributed by atoms with Crippen molar-refractivity contribution in [3.63, 3.8) is 0 Å². The van der Waals surface area contributed by atoms with E-state index in [4.69, 9.17) is 14.2 Å². The van der Waals surface area contributed by atoms with E-state index in [9.17, 15) is 14.4 Å². The third-order valence-electron chi connectivity index (χ3n) is 9.78.